The van der Waals surface area contributed by atoms with E-state index in [9.17, 15) is 0 Å². The minimum atomic E-state index is -0.578. The van der Waals surface area contributed by atoms with Gasteiger partial charge in [-0.05, 0) is 0 Å². The van der Waals surface area contributed by atoms with Gasteiger partial charge in [0, 0.05) is 0 Å². The largest absolute Gasteiger partial charge is 1.00 e. The average molecular weight is 482 g/mol. The second-order valence-electron chi connectivity index (χ2n) is 8.32. The van der Waals surface area contributed by atoms with Gasteiger partial charge in [0.1, 0.15) is 0 Å². The van der Waals surface area contributed by atoms with Crippen molar-refractivity contribution in [3.63, 3.8) is 0 Å². The molecular formula is C26H43ClZr. The molecule has 2 aliphatic rings. The van der Waals surface area contributed by atoms with Crippen LogP contribution in [0.15, 0.2) is 41.0 Å². The quantitative estimate of drug-likeness (QED) is 0.280. The second-order valence-corrected chi connectivity index (χ2v) is 11.9. The molecule has 2 rings (SSSR count). The molecule has 0 bridgehead atoms. The number of hydrogen-bond acceptors (Lipinski definition) is 0. The van der Waals surface area contributed by atoms with Gasteiger partial charge in [0.05, 0.1) is 0 Å². The van der Waals surface area contributed by atoms with E-state index in [0.29, 0.717) is 0 Å². The summed E-state index contributed by atoms with van der Waals surface area (Å²) in [4.78, 5) is 0. The SMILES string of the molecule is CCCCC1=CC[C]([Zr+2][C]2=C(CCCC)C(CCCC)=CC2)=C1CCCC.[Cl-].[H-]. The van der Waals surface area contributed by atoms with E-state index in [2.05, 4.69) is 39.8 Å². The Kier molecular flexibility index (Phi) is 14.0. The standard InChI is InChI=1S/2C13H21.ClH.Zr.H/c2*1-3-5-8-12-10-7-11-13(12)9-6-4-2;;;/h2*10H,3-9H2,1-2H3;1H;;/q;;;+2;-1/p-1. The predicted octanol–water partition coefficient (Wildman–Crippen LogP) is 6.11. The number of allylic oxidation sites excluding steroid dienone is 8. The summed E-state index contributed by atoms with van der Waals surface area (Å²) < 4.78 is 3.87. The summed E-state index contributed by atoms with van der Waals surface area (Å²) in [5.74, 6) is 0. The maximum atomic E-state index is 2.61. The van der Waals surface area contributed by atoms with Crippen LogP contribution < -0.4 is 12.4 Å². The first kappa shape index (κ1) is 26.2. The van der Waals surface area contributed by atoms with Crippen molar-refractivity contribution < 1.29 is 37.1 Å². The Labute approximate surface area is 194 Å². The van der Waals surface area contributed by atoms with E-state index in [0.717, 1.165) is 0 Å². The maximum absolute atomic E-state index is 2.61. The number of halogens is 1. The van der Waals surface area contributed by atoms with Gasteiger partial charge >= 0.3 is 182 Å². The Balaban J connectivity index is 0.00000392. The second kappa shape index (κ2) is 15.0. The van der Waals surface area contributed by atoms with Gasteiger partial charge in [0.25, 0.3) is 0 Å². The minimum absolute atomic E-state index is 0. The van der Waals surface area contributed by atoms with Crippen LogP contribution in [0.25, 0.3) is 0 Å². The summed E-state index contributed by atoms with van der Waals surface area (Å²) in [5, 5.41) is 0. The molecule has 0 spiro atoms. The smallest absolute Gasteiger partial charge is 1.00 e. The molecular weight excluding hydrogens is 439 g/mol. The topological polar surface area (TPSA) is 0 Å². The third-order valence-corrected chi connectivity index (χ3v) is 10.0. The van der Waals surface area contributed by atoms with Gasteiger partial charge in [-0.15, -0.1) is 0 Å². The van der Waals surface area contributed by atoms with Gasteiger partial charge < -0.3 is 13.8 Å². The molecule has 0 aromatic heterocycles. The molecule has 0 nitrogen and oxygen atoms in total. The molecule has 0 saturated carbocycles. The van der Waals surface area contributed by atoms with Crippen LogP contribution in [0.3, 0.4) is 0 Å². The molecule has 0 fully saturated rings. The van der Waals surface area contributed by atoms with Crippen molar-refractivity contribution in [3.05, 3.63) is 41.0 Å². The summed E-state index contributed by atoms with van der Waals surface area (Å²) in [6.45, 7) is 9.35. The molecule has 0 amide bonds. The Morgan fingerprint density at radius 2 is 1.00 bits per heavy atom. The molecule has 28 heavy (non-hydrogen) atoms. The summed E-state index contributed by atoms with van der Waals surface area (Å²) in [7, 11) is 0. The molecule has 2 heteroatoms. The number of unbranched alkanes of at least 4 members (excludes halogenated alkanes) is 4. The fourth-order valence-corrected chi connectivity index (χ4v) is 8.38. The fraction of sp³-hybridized carbons (Fsp3) is 0.692. The molecule has 0 radical (unpaired) electrons. The van der Waals surface area contributed by atoms with E-state index in [4.69, 9.17) is 0 Å². The minimum Gasteiger partial charge on any atom is -1.00 e. The monoisotopic (exact) mass is 480 g/mol. The van der Waals surface area contributed by atoms with E-state index in [-0.39, 0.29) is 13.8 Å². The van der Waals surface area contributed by atoms with Crippen molar-refractivity contribution in [2.75, 3.05) is 0 Å². The molecule has 0 atom stereocenters. The Morgan fingerprint density at radius 1 is 0.643 bits per heavy atom. The van der Waals surface area contributed by atoms with Crippen LogP contribution in [0.4, 0.5) is 0 Å². The van der Waals surface area contributed by atoms with E-state index < -0.39 is 23.2 Å². The Bertz CT molecular complexity index is 546. The van der Waals surface area contributed by atoms with Crippen molar-refractivity contribution in [1.82, 2.24) is 0 Å². The van der Waals surface area contributed by atoms with Gasteiger partial charge in [-0.3, -0.25) is 0 Å². The van der Waals surface area contributed by atoms with E-state index in [1.165, 1.54) is 89.9 Å². The Morgan fingerprint density at radius 3 is 1.36 bits per heavy atom. The summed E-state index contributed by atoms with van der Waals surface area (Å²) in [6, 6.07) is 0. The summed E-state index contributed by atoms with van der Waals surface area (Å²) in [6.07, 6.45) is 24.0. The average Bonchev–Trinajstić information content (AvgIpc) is 3.25. The normalized spacial score (nSPS) is 16.3. The van der Waals surface area contributed by atoms with Crippen LogP contribution in [0.1, 0.15) is 119 Å². The van der Waals surface area contributed by atoms with Gasteiger partial charge in [0.15, 0.2) is 0 Å². The summed E-state index contributed by atoms with van der Waals surface area (Å²) >= 11 is -0.578. The van der Waals surface area contributed by atoms with Crippen molar-refractivity contribution in [2.45, 2.75) is 118 Å². The first-order valence-corrected chi connectivity index (χ1v) is 14.3. The zero-order valence-electron chi connectivity index (χ0n) is 19.9. The van der Waals surface area contributed by atoms with Crippen LogP contribution in [0.2, 0.25) is 0 Å². The van der Waals surface area contributed by atoms with Crippen LogP contribution in [-0.4, -0.2) is 0 Å². The fourth-order valence-electron chi connectivity index (χ4n) is 4.34. The van der Waals surface area contributed by atoms with Gasteiger partial charge in [-0.1, -0.05) is 0 Å². The van der Waals surface area contributed by atoms with E-state index in [1.807, 2.05) is 17.7 Å². The van der Waals surface area contributed by atoms with Crippen LogP contribution >= 0.6 is 0 Å². The van der Waals surface area contributed by atoms with Crippen LogP contribution in [-0.2, 0) is 23.2 Å². The molecule has 0 aromatic rings. The Hall–Kier alpha value is 0.133. The molecule has 0 aliphatic heterocycles. The van der Waals surface area contributed by atoms with Crippen LogP contribution in [0.5, 0.6) is 0 Å². The van der Waals surface area contributed by atoms with Gasteiger partial charge in [-0.25, -0.2) is 0 Å². The maximum Gasteiger partial charge on any atom is -1.00 e. The number of rotatable bonds is 14. The molecule has 2 aliphatic carbocycles. The first-order chi connectivity index (χ1) is 13.2. The van der Waals surface area contributed by atoms with E-state index >= 15 is 0 Å². The molecule has 0 saturated heterocycles. The van der Waals surface area contributed by atoms with Crippen molar-refractivity contribution >= 4 is 0 Å². The summed E-state index contributed by atoms with van der Waals surface area (Å²) in [5.41, 5.74) is 7.16. The third-order valence-electron chi connectivity index (χ3n) is 6.07. The molecule has 0 unspecified atom stereocenters. The van der Waals surface area contributed by atoms with Crippen molar-refractivity contribution in [2.24, 2.45) is 0 Å². The first-order valence-electron chi connectivity index (χ1n) is 11.8. The van der Waals surface area contributed by atoms with Gasteiger partial charge in [0.2, 0.25) is 0 Å². The van der Waals surface area contributed by atoms with Crippen molar-refractivity contribution in [3.8, 4) is 0 Å². The molecule has 0 aromatic carbocycles. The third kappa shape index (κ3) is 7.76. The van der Waals surface area contributed by atoms with E-state index in [1.54, 1.807) is 11.1 Å². The van der Waals surface area contributed by atoms with Crippen molar-refractivity contribution in [1.29, 1.82) is 0 Å². The predicted molar refractivity (Wildman–Crippen MR) is 119 cm³/mol. The zero-order chi connectivity index (χ0) is 19.5. The van der Waals surface area contributed by atoms with Gasteiger partial charge in [-0.2, -0.15) is 0 Å². The molecule has 158 valence electrons. The zero-order valence-corrected chi connectivity index (χ0v) is 22.1. The molecule has 0 heterocycles. The number of hydrogen-bond donors (Lipinski definition) is 0. The molecule has 0 N–H and O–H groups in total. The van der Waals surface area contributed by atoms with Crippen LogP contribution in [0, 0.1) is 0 Å².